The molecule has 0 aliphatic heterocycles. The molecule has 0 radical (unpaired) electrons. The summed E-state index contributed by atoms with van der Waals surface area (Å²) < 4.78 is 0. The molecular weight excluding hydrogens is 256 g/mol. The van der Waals surface area contributed by atoms with Gasteiger partial charge in [-0.2, -0.15) is 0 Å². The van der Waals surface area contributed by atoms with E-state index in [2.05, 4.69) is 35.4 Å². The van der Waals surface area contributed by atoms with Gasteiger partial charge in [0.1, 0.15) is 0 Å². The Morgan fingerprint density at radius 2 is 0.833 bits per heavy atom. The Hall–Kier alpha value is 0.700. The van der Waals surface area contributed by atoms with E-state index in [1.807, 2.05) is 0 Å². The number of hydrogen-bond donors (Lipinski definition) is 0. The molecule has 0 heterocycles. The Balaban J connectivity index is -0.000000141. The molecule has 0 rings (SSSR count). The lowest BCUT2D eigenvalue weighted by atomic mass is 10.2. The second-order valence-electron chi connectivity index (χ2n) is 3.77. The largest absolute Gasteiger partial charge is 0.0942 e. The van der Waals surface area contributed by atoms with E-state index in [1.165, 1.54) is 62.9 Å². The average Bonchev–Trinajstić information content (AvgIpc) is 2.21. The van der Waals surface area contributed by atoms with Gasteiger partial charge in [0, 0.05) is 11.5 Å². The van der Waals surface area contributed by atoms with Gasteiger partial charge in [-0.25, -0.2) is 0 Å². The highest BCUT2D eigenvalue weighted by Crippen LogP contribution is 2.24. The maximum Gasteiger partial charge on any atom is 0.00369 e. The van der Waals surface area contributed by atoms with Gasteiger partial charge in [0.25, 0.3) is 0 Å². The van der Waals surface area contributed by atoms with E-state index in [0.717, 1.165) is 0 Å². The Labute approximate surface area is 128 Å². The molecule has 0 unspecified atom stereocenters. The fourth-order valence-electron chi connectivity index (χ4n) is 1.29. The Morgan fingerprint density at radius 3 is 1.11 bits per heavy atom. The molecule has 0 fully saturated rings. The van der Waals surface area contributed by atoms with E-state index in [-0.39, 0.29) is 29.7 Å². The Kier molecular flexibility index (Phi) is 53.1. The molecule has 0 aliphatic rings. The minimum absolute atomic E-state index is 0. The second kappa shape index (κ2) is 30.6. The lowest BCUT2D eigenvalue weighted by molar-refractivity contribution is 0.706. The summed E-state index contributed by atoms with van der Waals surface area (Å²) in [6.07, 6.45) is 11.2. The summed E-state index contributed by atoms with van der Waals surface area (Å²) in [5.41, 5.74) is 0. The van der Waals surface area contributed by atoms with Crippen molar-refractivity contribution in [2.45, 2.75) is 94.9 Å². The van der Waals surface area contributed by atoms with Gasteiger partial charge < -0.3 is 0 Å². The van der Waals surface area contributed by atoms with Crippen LogP contribution in [-0.4, -0.2) is 11.5 Å². The van der Waals surface area contributed by atoms with Gasteiger partial charge >= 0.3 is 0 Å². The maximum absolute atomic E-state index is 2.27. The average molecular weight is 299 g/mol. The third kappa shape index (κ3) is 30.1. The predicted octanol–water partition coefficient (Wildman–Crippen LogP) is 8.07. The van der Waals surface area contributed by atoms with Gasteiger partial charge in [0.2, 0.25) is 0 Å². The first-order chi connectivity index (χ1) is 6.91. The topological polar surface area (TPSA) is 0 Å². The molecule has 18 heavy (non-hydrogen) atoms. The first kappa shape index (κ1) is 31.2. The summed E-state index contributed by atoms with van der Waals surface area (Å²) in [5, 5.41) is 0. The van der Waals surface area contributed by atoms with E-state index in [1.54, 1.807) is 0 Å². The third-order valence-electron chi connectivity index (χ3n) is 2.25. The zero-order valence-electron chi connectivity index (χ0n) is 9.89. The monoisotopic (exact) mass is 298 g/mol. The molecule has 0 aromatic rings. The van der Waals surface area contributed by atoms with Crippen LogP contribution in [0.4, 0.5) is 0 Å². The lowest BCUT2D eigenvalue weighted by Crippen LogP contribution is -1.81. The molecule has 0 nitrogen and oxygen atoms in total. The quantitative estimate of drug-likeness (QED) is 0.279. The maximum atomic E-state index is 2.27. The summed E-state index contributed by atoms with van der Waals surface area (Å²) in [6, 6.07) is 0. The summed E-state index contributed by atoms with van der Waals surface area (Å²) in [7, 11) is 4.16. The normalized spacial score (nSPS) is 8.33. The lowest BCUT2D eigenvalue weighted by Gasteiger charge is -2.00. The van der Waals surface area contributed by atoms with Crippen LogP contribution in [0, 0.1) is 0 Å². The fraction of sp³-hybridized carbons (Fsp3) is 1.00. The van der Waals surface area contributed by atoms with Crippen molar-refractivity contribution in [2.24, 2.45) is 0 Å². The summed E-state index contributed by atoms with van der Waals surface area (Å²) in [5.74, 6) is 2.72. The van der Waals surface area contributed by atoms with Crippen molar-refractivity contribution in [1.82, 2.24) is 0 Å². The van der Waals surface area contributed by atoms with Gasteiger partial charge in [-0.1, -0.05) is 104 Å². The first-order valence-electron chi connectivity index (χ1n) is 6.16. The minimum atomic E-state index is 0. The van der Waals surface area contributed by atoms with Crippen LogP contribution in [0.5, 0.6) is 0 Å². The van der Waals surface area contributed by atoms with Crippen molar-refractivity contribution in [3.63, 3.8) is 0 Å². The van der Waals surface area contributed by atoms with Crippen molar-refractivity contribution in [3.8, 4) is 0 Å². The van der Waals surface area contributed by atoms with Crippen LogP contribution in [0.15, 0.2) is 0 Å². The van der Waals surface area contributed by atoms with Crippen LogP contribution < -0.4 is 0 Å². The molecule has 118 valence electrons. The van der Waals surface area contributed by atoms with Crippen LogP contribution in [0.25, 0.3) is 0 Å². The van der Waals surface area contributed by atoms with Crippen LogP contribution in [-0.2, 0) is 0 Å². The summed E-state index contributed by atoms with van der Waals surface area (Å²) >= 11 is 0. The molecule has 0 spiro atoms. The number of unbranched alkanes of at least 4 members (excludes halogenated alkanes) is 6. The van der Waals surface area contributed by atoms with Gasteiger partial charge in [0.05, 0.1) is 0 Å². The van der Waals surface area contributed by atoms with Gasteiger partial charge in [-0.05, 0) is 12.8 Å². The highest BCUT2D eigenvalue weighted by molar-refractivity contribution is 8.76. The molecular formula is C16H42S2. The molecule has 0 atom stereocenters. The zero-order chi connectivity index (χ0) is 10.5. The molecule has 0 aliphatic carbocycles. The van der Waals surface area contributed by atoms with Gasteiger partial charge in [-0.3, -0.25) is 0 Å². The minimum Gasteiger partial charge on any atom is -0.0942 e. The SMILES string of the molecule is C.C.C.C.CCCCCCSSCCCCCC. The van der Waals surface area contributed by atoms with E-state index in [0.29, 0.717) is 0 Å². The third-order valence-corrected chi connectivity index (χ3v) is 4.82. The molecule has 0 saturated heterocycles. The van der Waals surface area contributed by atoms with E-state index < -0.39 is 0 Å². The van der Waals surface area contributed by atoms with E-state index in [4.69, 9.17) is 0 Å². The Morgan fingerprint density at radius 1 is 0.500 bits per heavy atom. The zero-order valence-corrected chi connectivity index (χ0v) is 11.5. The highest BCUT2D eigenvalue weighted by Gasteiger charge is 1.92. The van der Waals surface area contributed by atoms with Crippen molar-refractivity contribution in [3.05, 3.63) is 0 Å². The van der Waals surface area contributed by atoms with Crippen LogP contribution in [0.1, 0.15) is 94.9 Å². The molecule has 0 N–H and O–H groups in total. The predicted molar refractivity (Wildman–Crippen MR) is 100 cm³/mol. The molecule has 0 aromatic heterocycles. The van der Waals surface area contributed by atoms with Crippen LogP contribution in [0.3, 0.4) is 0 Å². The molecule has 0 bridgehead atoms. The van der Waals surface area contributed by atoms with Crippen molar-refractivity contribution in [1.29, 1.82) is 0 Å². The van der Waals surface area contributed by atoms with Crippen molar-refractivity contribution >= 4 is 21.6 Å². The molecule has 0 saturated carbocycles. The van der Waals surface area contributed by atoms with Gasteiger partial charge in [0.15, 0.2) is 0 Å². The van der Waals surface area contributed by atoms with E-state index in [9.17, 15) is 0 Å². The Bertz CT molecular complexity index is 83.1. The van der Waals surface area contributed by atoms with Crippen molar-refractivity contribution < 1.29 is 0 Å². The molecule has 0 aromatic carbocycles. The van der Waals surface area contributed by atoms with E-state index >= 15 is 0 Å². The smallest absolute Gasteiger partial charge is 0.00369 e. The second-order valence-corrected chi connectivity index (χ2v) is 6.47. The fourth-order valence-corrected chi connectivity index (χ4v) is 3.59. The standard InChI is InChI=1S/C12H26S2.4CH4/c1-3-5-7-9-11-13-14-12-10-8-6-4-2;;;;/h3-12H2,1-2H3;4*1H4. The molecule has 0 amide bonds. The molecule has 2 heteroatoms. The number of hydrogen-bond acceptors (Lipinski definition) is 2. The highest BCUT2D eigenvalue weighted by atomic mass is 33.1. The van der Waals surface area contributed by atoms with Crippen LogP contribution in [0.2, 0.25) is 0 Å². The first-order valence-corrected chi connectivity index (χ1v) is 8.65. The van der Waals surface area contributed by atoms with Crippen molar-refractivity contribution in [2.75, 3.05) is 11.5 Å². The summed E-state index contributed by atoms with van der Waals surface area (Å²) in [6.45, 7) is 4.55. The number of rotatable bonds is 11. The summed E-state index contributed by atoms with van der Waals surface area (Å²) in [4.78, 5) is 0. The van der Waals surface area contributed by atoms with Crippen LogP contribution >= 0.6 is 21.6 Å². The van der Waals surface area contributed by atoms with Gasteiger partial charge in [-0.15, -0.1) is 0 Å².